The number of carbonyl (C=O) groups excluding carboxylic acids is 1. The number of nitrogens with zero attached hydrogens (tertiary/aromatic N) is 1. The zero-order chi connectivity index (χ0) is 11.5. The first-order chi connectivity index (χ1) is 7.72. The van der Waals surface area contributed by atoms with Gasteiger partial charge in [0.15, 0.2) is 0 Å². The van der Waals surface area contributed by atoms with Crippen LogP contribution in [0.15, 0.2) is 24.3 Å². The first-order valence-electron chi connectivity index (χ1n) is 5.75. The summed E-state index contributed by atoms with van der Waals surface area (Å²) in [7, 11) is 0. The smallest absolute Gasteiger partial charge is 0.140 e. The topological polar surface area (TPSA) is 40.9 Å². The minimum atomic E-state index is 0.0430. The maximum Gasteiger partial charge on any atom is 0.140 e. The number of Topliss-reactive ketones (excluding diaryl/α,β-unsaturated/α-hetero) is 1. The fourth-order valence-corrected chi connectivity index (χ4v) is 2.52. The molecule has 82 valence electrons. The molecule has 2 nitrogen and oxygen atoms in total. The number of hydrogen-bond acceptors (Lipinski definition) is 2. The third-order valence-corrected chi connectivity index (χ3v) is 3.40. The van der Waals surface area contributed by atoms with E-state index < -0.39 is 0 Å². The van der Waals surface area contributed by atoms with Gasteiger partial charge in [-0.3, -0.25) is 4.79 Å². The van der Waals surface area contributed by atoms with Crippen LogP contribution in [-0.2, 0) is 4.79 Å². The molecular formula is C14H15NO. The highest BCUT2D eigenvalue weighted by Gasteiger charge is 2.29. The molecule has 1 aliphatic rings. The van der Waals surface area contributed by atoms with Crippen molar-refractivity contribution < 1.29 is 4.79 Å². The Morgan fingerprint density at radius 2 is 2.00 bits per heavy atom. The third-order valence-electron chi connectivity index (χ3n) is 3.40. The standard InChI is InChI=1S/C14H15NO/c1-10-3-2-4-13(16)14(10)12-7-5-11(9-15)6-8-12/h5-8,10,14H,2-4H2,1H3. The van der Waals surface area contributed by atoms with Gasteiger partial charge in [0.25, 0.3) is 0 Å². The van der Waals surface area contributed by atoms with Crippen LogP contribution in [0.4, 0.5) is 0 Å². The number of benzene rings is 1. The van der Waals surface area contributed by atoms with Gasteiger partial charge in [-0.2, -0.15) is 5.26 Å². The average molecular weight is 213 g/mol. The lowest BCUT2D eigenvalue weighted by Crippen LogP contribution is -2.24. The summed E-state index contributed by atoms with van der Waals surface area (Å²) in [6, 6.07) is 9.52. The molecule has 0 aliphatic heterocycles. The lowest BCUT2D eigenvalue weighted by Gasteiger charge is -2.27. The van der Waals surface area contributed by atoms with Crippen LogP contribution in [0.25, 0.3) is 0 Å². The van der Waals surface area contributed by atoms with E-state index in [4.69, 9.17) is 5.26 Å². The Kier molecular flexibility index (Phi) is 3.05. The average Bonchev–Trinajstić information content (AvgIpc) is 2.30. The molecule has 1 saturated carbocycles. The lowest BCUT2D eigenvalue weighted by molar-refractivity contribution is -0.123. The van der Waals surface area contributed by atoms with Crippen molar-refractivity contribution in [3.05, 3.63) is 35.4 Å². The minimum Gasteiger partial charge on any atom is -0.299 e. The van der Waals surface area contributed by atoms with Gasteiger partial charge in [0.2, 0.25) is 0 Å². The van der Waals surface area contributed by atoms with Crippen LogP contribution in [0.2, 0.25) is 0 Å². The van der Waals surface area contributed by atoms with Gasteiger partial charge in [-0.1, -0.05) is 19.1 Å². The number of hydrogen-bond donors (Lipinski definition) is 0. The highest BCUT2D eigenvalue weighted by atomic mass is 16.1. The summed E-state index contributed by atoms with van der Waals surface area (Å²) in [4.78, 5) is 11.9. The Morgan fingerprint density at radius 1 is 1.31 bits per heavy atom. The summed E-state index contributed by atoms with van der Waals surface area (Å²) in [5.41, 5.74) is 1.72. The highest BCUT2D eigenvalue weighted by molar-refractivity contribution is 5.86. The van der Waals surface area contributed by atoms with Gasteiger partial charge in [0.1, 0.15) is 5.78 Å². The highest BCUT2D eigenvalue weighted by Crippen LogP contribution is 2.34. The molecule has 16 heavy (non-hydrogen) atoms. The van der Waals surface area contributed by atoms with Crippen LogP contribution >= 0.6 is 0 Å². The van der Waals surface area contributed by atoms with Crippen molar-refractivity contribution in [3.63, 3.8) is 0 Å². The summed E-state index contributed by atoms with van der Waals surface area (Å²) in [6.07, 6.45) is 2.85. The molecular weight excluding hydrogens is 198 g/mol. The van der Waals surface area contributed by atoms with Crippen molar-refractivity contribution in [1.29, 1.82) is 5.26 Å². The van der Waals surface area contributed by atoms with Crippen molar-refractivity contribution >= 4 is 5.78 Å². The first kappa shape index (κ1) is 10.9. The van der Waals surface area contributed by atoms with E-state index in [1.807, 2.05) is 12.1 Å². The number of carbonyl (C=O) groups is 1. The predicted molar refractivity (Wildman–Crippen MR) is 61.9 cm³/mol. The largest absolute Gasteiger partial charge is 0.299 e. The van der Waals surface area contributed by atoms with E-state index in [-0.39, 0.29) is 5.92 Å². The second-order valence-electron chi connectivity index (χ2n) is 4.55. The van der Waals surface area contributed by atoms with Crippen molar-refractivity contribution in [1.82, 2.24) is 0 Å². The van der Waals surface area contributed by atoms with Gasteiger partial charge in [-0.05, 0) is 36.5 Å². The van der Waals surface area contributed by atoms with E-state index in [0.29, 0.717) is 23.7 Å². The Bertz CT molecular complexity index is 427. The van der Waals surface area contributed by atoms with E-state index in [2.05, 4.69) is 13.0 Å². The van der Waals surface area contributed by atoms with Gasteiger partial charge in [-0.25, -0.2) is 0 Å². The van der Waals surface area contributed by atoms with E-state index in [1.165, 1.54) is 0 Å². The van der Waals surface area contributed by atoms with E-state index in [1.54, 1.807) is 12.1 Å². The normalized spacial score (nSPS) is 25.1. The monoisotopic (exact) mass is 213 g/mol. The van der Waals surface area contributed by atoms with Gasteiger partial charge in [-0.15, -0.1) is 0 Å². The summed E-state index contributed by atoms with van der Waals surface area (Å²) in [5, 5.41) is 8.73. The van der Waals surface area contributed by atoms with Crippen molar-refractivity contribution in [3.8, 4) is 6.07 Å². The fraction of sp³-hybridized carbons (Fsp3) is 0.429. The second-order valence-corrected chi connectivity index (χ2v) is 4.55. The Morgan fingerprint density at radius 3 is 2.56 bits per heavy atom. The molecule has 1 aromatic rings. The molecule has 1 aromatic carbocycles. The molecule has 2 unspecified atom stereocenters. The maximum atomic E-state index is 11.9. The van der Waals surface area contributed by atoms with Gasteiger partial charge in [0, 0.05) is 12.3 Å². The summed E-state index contributed by atoms with van der Waals surface area (Å²) < 4.78 is 0. The van der Waals surface area contributed by atoms with Crippen LogP contribution in [0.3, 0.4) is 0 Å². The molecule has 0 aromatic heterocycles. The number of ketones is 1. The Hall–Kier alpha value is -1.62. The van der Waals surface area contributed by atoms with Crippen LogP contribution in [0, 0.1) is 17.2 Å². The predicted octanol–water partition coefficient (Wildman–Crippen LogP) is 3.03. The molecule has 0 radical (unpaired) electrons. The Labute approximate surface area is 95.9 Å². The first-order valence-corrected chi connectivity index (χ1v) is 5.75. The van der Waals surface area contributed by atoms with Crippen LogP contribution in [-0.4, -0.2) is 5.78 Å². The molecule has 0 heterocycles. The van der Waals surface area contributed by atoms with Crippen LogP contribution < -0.4 is 0 Å². The van der Waals surface area contributed by atoms with E-state index in [9.17, 15) is 4.79 Å². The Balaban J connectivity index is 2.28. The molecule has 2 rings (SSSR count). The van der Waals surface area contributed by atoms with Crippen molar-refractivity contribution in [2.24, 2.45) is 5.92 Å². The van der Waals surface area contributed by atoms with Crippen LogP contribution in [0.5, 0.6) is 0 Å². The molecule has 2 heteroatoms. The zero-order valence-corrected chi connectivity index (χ0v) is 9.44. The number of rotatable bonds is 1. The lowest BCUT2D eigenvalue weighted by atomic mass is 9.75. The molecule has 0 bridgehead atoms. The van der Waals surface area contributed by atoms with Gasteiger partial charge >= 0.3 is 0 Å². The molecule has 2 atom stereocenters. The maximum absolute atomic E-state index is 11.9. The molecule has 0 saturated heterocycles. The fourth-order valence-electron chi connectivity index (χ4n) is 2.52. The SMILES string of the molecule is CC1CCCC(=O)C1c1ccc(C#N)cc1. The van der Waals surface area contributed by atoms with Gasteiger partial charge in [0.05, 0.1) is 11.6 Å². The van der Waals surface area contributed by atoms with E-state index in [0.717, 1.165) is 18.4 Å². The van der Waals surface area contributed by atoms with Crippen molar-refractivity contribution in [2.45, 2.75) is 32.1 Å². The van der Waals surface area contributed by atoms with Gasteiger partial charge < -0.3 is 0 Å². The summed E-state index contributed by atoms with van der Waals surface area (Å²) >= 11 is 0. The molecule has 1 aliphatic carbocycles. The second kappa shape index (κ2) is 4.49. The zero-order valence-electron chi connectivity index (χ0n) is 9.44. The molecule has 1 fully saturated rings. The molecule has 0 amide bonds. The molecule has 0 spiro atoms. The summed E-state index contributed by atoms with van der Waals surface area (Å²) in [6.45, 7) is 2.14. The third kappa shape index (κ3) is 1.99. The molecule has 0 N–H and O–H groups in total. The quantitative estimate of drug-likeness (QED) is 0.719. The van der Waals surface area contributed by atoms with Crippen LogP contribution in [0.1, 0.15) is 43.2 Å². The van der Waals surface area contributed by atoms with E-state index >= 15 is 0 Å². The minimum absolute atomic E-state index is 0.0430. The van der Waals surface area contributed by atoms with Crippen molar-refractivity contribution in [2.75, 3.05) is 0 Å². The summed E-state index contributed by atoms with van der Waals surface area (Å²) in [5.74, 6) is 0.819. The number of nitriles is 1.